The number of aliphatic hydroxyl groups is 4. The van der Waals surface area contributed by atoms with Crippen molar-refractivity contribution in [1.82, 2.24) is 0 Å². The Labute approximate surface area is 230 Å². The SMILES string of the molecule is CCCCCCCCCOC(CO)C(O)(CCCCCCCCC)C(O)(CO)CCCCCCCCC. The van der Waals surface area contributed by atoms with Crippen molar-refractivity contribution in [3.05, 3.63) is 0 Å². The average Bonchev–Trinajstić information content (AvgIpc) is 2.90. The second-order valence-corrected chi connectivity index (χ2v) is 11.5. The first kappa shape index (κ1) is 36.8. The van der Waals surface area contributed by atoms with Crippen LogP contribution in [-0.2, 0) is 4.74 Å². The van der Waals surface area contributed by atoms with Crippen molar-refractivity contribution in [2.45, 2.75) is 186 Å². The molecule has 0 aromatic rings. The lowest BCUT2D eigenvalue weighted by molar-refractivity contribution is -0.241. The highest BCUT2D eigenvalue weighted by Crippen LogP contribution is 2.37. The summed E-state index contributed by atoms with van der Waals surface area (Å²) in [5.74, 6) is 0. The maximum absolute atomic E-state index is 11.9. The number of hydrogen-bond acceptors (Lipinski definition) is 5. The molecule has 4 N–H and O–H groups in total. The molecular weight excluding hydrogens is 464 g/mol. The van der Waals surface area contributed by atoms with Gasteiger partial charge in [-0.3, -0.25) is 0 Å². The molecule has 5 nitrogen and oxygen atoms in total. The number of rotatable bonds is 29. The van der Waals surface area contributed by atoms with E-state index in [0.717, 1.165) is 51.4 Å². The van der Waals surface area contributed by atoms with Crippen molar-refractivity contribution in [3.8, 4) is 0 Å². The predicted octanol–water partition coefficient (Wildman–Crippen LogP) is 7.85. The molecule has 0 radical (unpaired) electrons. The Balaban J connectivity index is 5.01. The summed E-state index contributed by atoms with van der Waals surface area (Å²) in [6, 6.07) is 0. The number of aliphatic hydroxyl groups excluding tert-OH is 2. The summed E-state index contributed by atoms with van der Waals surface area (Å²) >= 11 is 0. The van der Waals surface area contributed by atoms with Gasteiger partial charge in [0.1, 0.15) is 17.3 Å². The van der Waals surface area contributed by atoms with E-state index in [-0.39, 0.29) is 6.61 Å². The average molecular weight is 531 g/mol. The maximum atomic E-state index is 11.9. The molecule has 5 heteroatoms. The van der Waals surface area contributed by atoms with E-state index < -0.39 is 23.9 Å². The molecule has 0 aliphatic rings. The van der Waals surface area contributed by atoms with Crippen LogP contribution in [0.25, 0.3) is 0 Å². The van der Waals surface area contributed by atoms with E-state index >= 15 is 0 Å². The normalized spacial score (nSPS) is 16.0. The maximum Gasteiger partial charge on any atom is 0.124 e. The van der Waals surface area contributed by atoms with E-state index in [4.69, 9.17) is 4.74 Å². The Morgan fingerprint density at radius 1 is 0.514 bits per heavy atom. The molecular formula is C32H66O5. The summed E-state index contributed by atoms with van der Waals surface area (Å²) in [6.07, 6.45) is 23.4. The number of hydrogen-bond donors (Lipinski definition) is 4. The van der Waals surface area contributed by atoms with Crippen LogP contribution in [0.3, 0.4) is 0 Å². The molecule has 3 unspecified atom stereocenters. The highest BCUT2D eigenvalue weighted by molar-refractivity contribution is 5.04. The fraction of sp³-hybridized carbons (Fsp3) is 1.00. The van der Waals surface area contributed by atoms with E-state index in [1.165, 1.54) is 83.5 Å². The van der Waals surface area contributed by atoms with Crippen molar-refractivity contribution < 1.29 is 25.2 Å². The van der Waals surface area contributed by atoms with Gasteiger partial charge in [-0.1, -0.05) is 149 Å². The third-order valence-corrected chi connectivity index (χ3v) is 8.19. The summed E-state index contributed by atoms with van der Waals surface area (Å²) in [5, 5.41) is 44.0. The smallest absolute Gasteiger partial charge is 0.124 e. The Hall–Kier alpha value is -0.200. The van der Waals surface area contributed by atoms with Crippen LogP contribution in [0.5, 0.6) is 0 Å². The van der Waals surface area contributed by atoms with Crippen molar-refractivity contribution >= 4 is 0 Å². The largest absolute Gasteiger partial charge is 0.394 e. The van der Waals surface area contributed by atoms with Gasteiger partial charge in [0.2, 0.25) is 0 Å². The number of ether oxygens (including phenoxy) is 1. The van der Waals surface area contributed by atoms with Crippen LogP contribution < -0.4 is 0 Å². The van der Waals surface area contributed by atoms with E-state index in [0.29, 0.717) is 19.4 Å². The van der Waals surface area contributed by atoms with Gasteiger partial charge in [0.25, 0.3) is 0 Å². The Morgan fingerprint density at radius 2 is 0.892 bits per heavy atom. The minimum atomic E-state index is -1.67. The van der Waals surface area contributed by atoms with Gasteiger partial charge in [-0.2, -0.15) is 0 Å². The fourth-order valence-corrected chi connectivity index (χ4v) is 5.48. The fourth-order valence-electron chi connectivity index (χ4n) is 5.48. The highest BCUT2D eigenvalue weighted by Gasteiger charge is 2.53. The lowest BCUT2D eigenvalue weighted by Gasteiger charge is -2.47. The van der Waals surface area contributed by atoms with Crippen LogP contribution in [-0.4, -0.2) is 57.6 Å². The van der Waals surface area contributed by atoms with Crippen molar-refractivity contribution in [2.24, 2.45) is 0 Å². The molecule has 0 aromatic carbocycles. The van der Waals surface area contributed by atoms with Crippen LogP contribution in [0.2, 0.25) is 0 Å². The van der Waals surface area contributed by atoms with E-state index in [2.05, 4.69) is 20.8 Å². The van der Waals surface area contributed by atoms with Crippen LogP contribution >= 0.6 is 0 Å². The standard InChI is InChI=1S/C32H66O5/c1-4-7-10-13-16-19-22-25-31(35,29-34)32(36,26-23-20-17-14-11-8-5-2)30(28-33)37-27-24-21-18-15-12-9-6-3/h30,33-36H,4-29H2,1-3H3. The van der Waals surface area contributed by atoms with Crippen LogP contribution in [0.1, 0.15) is 168 Å². The predicted molar refractivity (Wildman–Crippen MR) is 157 cm³/mol. The van der Waals surface area contributed by atoms with Crippen LogP contribution in [0.4, 0.5) is 0 Å². The van der Waals surface area contributed by atoms with Gasteiger partial charge in [-0.15, -0.1) is 0 Å². The van der Waals surface area contributed by atoms with Crippen molar-refractivity contribution in [3.63, 3.8) is 0 Å². The monoisotopic (exact) mass is 530 g/mol. The minimum Gasteiger partial charge on any atom is -0.394 e. The molecule has 0 heterocycles. The highest BCUT2D eigenvalue weighted by atomic mass is 16.5. The van der Waals surface area contributed by atoms with Crippen LogP contribution in [0, 0.1) is 0 Å². The first-order valence-electron chi connectivity index (χ1n) is 16.2. The number of unbranched alkanes of at least 4 members (excludes halogenated alkanes) is 18. The molecule has 0 aliphatic heterocycles. The van der Waals surface area contributed by atoms with E-state index in [9.17, 15) is 20.4 Å². The molecule has 0 aromatic heterocycles. The van der Waals surface area contributed by atoms with Crippen molar-refractivity contribution in [2.75, 3.05) is 19.8 Å². The molecule has 0 spiro atoms. The van der Waals surface area contributed by atoms with Crippen molar-refractivity contribution in [1.29, 1.82) is 0 Å². The zero-order valence-electron chi connectivity index (χ0n) is 25.2. The molecule has 3 atom stereocenters. The van der Waals surface area contributed by atoms with Gasteiger partial charge in [-0.05, 0) is 19.3 Å². The Bertz CT molecular complexity index is 474. The second-order valence-electron chi connectivity index (χ2n) is 11.5. The van der Waals surface area contributed by atoms with E-state index in [1.807, 2.05) is 0 Å². The molecule has 0 saturated heterocycles. The Kier molecular flexibility index (Phi) is 24.7. The first-order valence-corrected chi connectivity index (χ1v) is 16.2. The molecule has 37 heavy (non-hydrogen) atoms. The van der Waals surface area contributed by atoms with Crippen LogP contribution in [0.15, 0.2) is 0 Å². The van der Waals surface area contributed by atoms with E-state index in [1.54, 1.807) is 0 Å². The molecule has 0 saturated carbocycles. The van der Waals surface area contributed by atoms with Gasteiger partial charge >= 0.3 is 0 Å². The summed E-state index contributed by atoms with van der Waals surface area (Å²) in [6.45, 7) is 6.22. The zero-order chi connectivity index (χ0) is 27.7. The quantitative estimate of drug-likeness (QED) is 0.0739. The zero-order valence-corrected chi connectivity index (χ0v) is 25.2. The second kappa shape index (κ2) is 24.8. The third-order valence-electron chi connectivity index (χ3n) is 8.19. The summed E-state index contributed by atoms with van der Waals surface area (Å²) in [4.78, 5) is 0. The first-order chi connectivity index (χ1) is 18.0. The lowest BCUT2D eigenvalue weighted by atomic mass is 9.72. The van der Waals surface area contributed by atoms with Gasteiger partial charge in [0.05, 0.1) is 13.2 Å². The minimum absolute atomic E-state index is 0.321. The Morgan fingerprint density at radius 3 is 1.30 bits per heavy atom. The van der Waals surface area contributed by atoms with Gasteiger partial charge < -0.3 is 25.2 Å². The molecule has 0 bridgehead atoms. The van der Waals surface area contributed by atoms with Gasteiger partial charge in [-0.25, -0.2) is 0 Å². The lowest BCUT2D eigenvalue weighted by Crippen LogP contribution is -2.64. The summed E-state index contributed by atoms with van der Waals surface area (Å²) in [7, 11) is 0. The van der Waals surface area contributed by atoms with Gasteiger partial charge in [0.15, 0.2) is 0 Å². The molecule has 224 valence electrons. The topological polar surface area (TPSA) is 90.2 Å². The van der Waals surface area contributed by atoms with Gasteiger partial charge in [0, 0.05) is 6.61 Å². The molecule has 0 fully saturated rings. The molecule has 0 amide bonds. The summed E-state index contributed by atoms with van der Waals surface area (Å²) in [5.41, 5.74) is -3.34. The molecule has 0 aliphatic carbocycles. The molecule has 0 rings (SSSR count). The summed E-state index contributed by atoms with van der Waals surface area (Å²) < 4.78 is 6.04. The third kappa shape index (κ3) is 16.5.